The van der Waals surface area contributed by atoms with Crippen molar-refractivity contribution in [2.24, 2.45) is 17.3 Å². The van der Waals surface area contributed by atoms with Crippen molar-refractivity contribution < 1.29 is 29.3 Å². The van der Waals surface area contributed by atoms with E-state index >= 15 is 0 Å². The Kier molecular flexibility index (Phi) is 9.24. The van der Waals surface area contributed by atoms with Gasteiger partial charge in [0.1, 0.15) is 16.2 Å². The molecule has 196 valence electrons. The second-order valence-corrected chi connectivity index (χ2v) is 12.7. The van der Waals surface area contributed by atoms with Crippen LogP contribution in [0, 0.1) is 17.3 Å². The molecule has 2 N–H and O–H groups in total. The third-order valence-corrected chi connectivity index (χ3v) is 9.45. The number of cyclic esters (lactones) is 1. The van der Waals surface area contributed by atoms with Crippen LogP contribution in [0.5, 0.6) is 0 Å². The van der Waals surface area contributed by atoms with Crippen molar-refractivity contribution >= 4 is 40.9 Å². The van der Waals surface area contributed by atoms with Crippen LogP contribution >= 0.6 is 23.1 Å². The van der Waals surface area contributed by atoms with Gasteiger partial charge in [-0.1, -0.05) is 32.0 Å². The minimum atomic E-state index is -1.19. The Bertz CT molecular complexity index is 944. The predicted molar refractivity (Wildman–Crippen MR) is 138 cm³/mol. The molecular weight excluding hydrogens is 486 g/mol. The number of Topliss-reactive ketones (excluding diaryl/α,β-unsaturated/α-hetero) is 1. The van der Waals surface area contributed by atoms with Gasteiger partial charge in [-0.05, 0) is 63.9 Å². The molecule has 2 bridgehead atoms. The number of fused-ring (bicyclic) bond motifs is 2. The fraction of sp³-hybridized carbons (Fsp3) is 0.731. The van der Waals surface area contributed by atoms with Gasteiger partial charge in [-0.2, -0.15) is 0 Å². The van der Waals surface area contributed by atoms with Crippen molar-refractivity contribution in [3.63, 3.8) is 0 Å². The summed E-state index contributed by atoms with van der Waals surface area (Å²) in [4.78, 5) is 30.6. The van der Waals surface area contributed by atoms with E-state index in [0.29, 0.717) is 6.42 Å². The lowest BCUT2D eigenvalue weighted by atomic mass is 9.60. The number of thiazole rings is 1. The fourth-order valence-electron chi connectivity index (χ4n) is 5.19. The van der Waals surface area contributed by atoms with E-state index in [2.05, 4.69) is 4.98 Å². The molecule has 1 aromatic rings. The molecule has 1 saturated heterocycles. The van der Waals surface area contributed by atoms with Gasteiger partial charge in [0.05, 0.1) is 41.9 Å². The topological polar surface area (TPSA) is 106 Å². The first-order valence-corrected chi connectivity index (χ1v) is 14.4. The van der Waals surface area contributed by atoms with Crippen LogP contribution in [0.1, 0.15) is 72.4 Å². The second kappa shape index (κ2) is 11.4. The van der Waals surface area contributed by atoms with Crippen molar-refractivity contribution in [2.75, 3.05) is 12.9 Å². The summed E-state index contributed by atoms with van der Waals surface area (Å²) in [5.74, 6) is -1.50. The predicted octanol–water partition coefficient (Wildman–Crippen LogP) is 4.50. The van der Waals surface area contributed by atoms with Crippen LogP contribution in [0.2, 0.25) is 0 Å². The minimum absolute atomic E-state index is 0.126. The van der Waals surface area contributed by atoms with Crippen LogP contribution in [-0.4, -0.2) is 63.7 Å². The summed E-state index contributed by atoms with van der Waals surface area (Å²) in [6.07, 6.45) is 3.64. The number of nitrogens with zero attached hydrogens (tertiary/aromatic N) is 1. The van der Waals surface area contributed by atoms with Gasteiger partial charge in [-0.25, -0.2) is 4.98 Å². The molecule has 1 aliphatic carbocycles. The number of aliphatic hydroxyl groups excluding tert-OH is 2. The number of aromatic nitrogens is 1. The molecule has 0 radical (unpaired) electrons. The van der Waals surface area contributed by atoms with Gasteiger partial charge in [0.2, 0.25) is 0 Å². The van der Waals surface area contributed by atoms with E-state index in [1.165, 1.54) is 0 Å². The summed E-state index contributed by atoms with van der Waals surface area (Å²) in [6, 6.07) is 0. The smallest absolute Gasteiger partial charge is 0.309 e. The molecule has 0 spiro atoms. The summed E-state index contributed by atoms with van der Waals surface area (Å²) in [6.45, 7) is 9.51. The molecule has 3 rings (SSSR count). The molecular formula is C26H39NO6S2. The van der Waals surface area contributed by atoms with Crippen LogP contribution in [-0.2, 0) is 19.1 Å². The van der Waals surface area contributed by atoms with Crippen molar-refractivity contribution in [2.45, 2.75) is 95.0 Å². The molecule has 1 aromatic heterocycles. The highest BCUT2D eigenvalue weighted by atomic mass is 32.2. The van der Waals surface area contributed by atoms with Gasteiger partial charge in [-0.15, -0.1) is 11.3 Å². The zero-order valence-corrected chi connectivity index (χ0v) is 23.2. The monoisotopic (exact) mass is 525 g/mol. The maximum Gasteiger partial charge on any atom is 0.309 e. The van der Waals surface area contributed by atoms with Crippen molar-refractivity contribution in [3.8, 4) is 0 Å². The second-order valence-electron chi connectivity index (χ2n) is 10.8. The molecule has 6 atom stereocenters. The van der Waals surface area contributed by atoms with E-state index in [-0.39, 0.29) is 24.7 Å². The van der Waals surface area contributed by atoms with Gasteiger partial charge in [0, 0.05) is 11.3 Å². The van der Waals surface area contributed by atoms with Crippen molar-refractivity contribution in [1.82, 2.24) is 4.98 Å². The number of carbonyl (C=O) groups is 2. The molecule has 7 nitrogen and oxygen atoms in total. The molecule has 2 aliphatic rings. The lowest BCUT2D eigenvalue weighted by Gasteiger charge is -2.45. The third kappa shape index (κ3) is 6.74. The fourth-order valence-corrected chi connectivity index (χ4v) is 6.42. The Morgan fingerprint density at radius 2 is 2.00 bits per heavy atom. The first-order valence-electron chi connectivity index (χ1n) is 12.3. The first-order chi connectivity index (χ1) is 16.4. The Morgan fingerprint density at radius 1 is 1.29 bits per heavy atom. The highest BCUT2D eigenvalue weighted by Gasteiger charge is 2.52. The highest BCUT2D eigenvalue weighted by molar-refractivity contribution is 8.00. The van der Waals surface area contributed by atoms with Gasteiger partial charge in [0.25, 0.3) is 0 Å². The molecule has 2 fully saturated rings. The van der Waals surface area contributed by atoms with Crippen molar-refractivity contribution in [3.05, 3.63) is 16.6 Å². The Hall–Kier alpha value is -1.26. The molecule has 1 saturated carbocycles. The Labute approximate surface area is 216 Å². The largest absolute Gasteiger partial charge is 0.455 e. The Morgan fingerprint density at radius 3 is 2.66 bits per heavy atom. The van der Waals surface area contributed by atoms with E-state index in [1.807, 2.05) is 38.5 Å². The summed E-state index contributed by atoms with van der Waals surface area (Å²) in [7, 11) is 0. The zero-order valence-electron chi connectivity index (χ0n) is 21.6. The normalized spacial score (nSPS) is 35.3. The molecule has 9 heteroatoms. The number of hydrogen-bond donors (Lipinski definition) is 2. The van der Waals surface area contributed by atoms with Gasteiger partial charge >= 0.3 is 5.97 Å². The number of ketones is 1. The number of thioether (sulfide) groups is 1. The third-order valence-electron chi connectivity index (χ3n) is 7.57. The quantitative estimate of drug-likeness (QED) is 0.439. The van der Waals surface area contributed by atoms with Crippen LogP contribution < -0.4 is 0 Å². The maximum atomic E-state index is 13.1. The van der Waals surface area contributed by atoms with E-state index in [1.54, 1.807) is 36.9 Å². The minimum Gasteiger partial charge on any atom is -0.455 e. The van der Waals surface area contributed by atoms with E-state index in [4.69, 9.17) is 9.47 Å². The SMILES string of the molecule is CSc1nc(/C=C(\C)C2COC(C)(C)CCC[C@@H]3C[C@@](C)(C(=O)[C@H](C)C3O)[C@@H](O)CC(=O)O2)cs1. The maximum absolute atomic E-state index is 13.1. The van der Waals surface area contributed by atoms with E-state index < -0.39 is 41.2 Å². The highest BCUT2D eigenvalue weighted by Crippen LogP contribution is 2.45. The van der Waals surface area contributed by atoms with Gasteiger partial charge < -0.3 is 19.7 Å². The molecule has 0 aromatic carbocycles. The molecule has 2 unspecified atom stereocenters. The number of hydrogen-bond acceptors (Lipinski definition) is 9. The van der Waals surface area contributed by atoms with E-state index in [9.17, 15) is 19.8 Å². The number of esters is 1. The van der Waals surface area contributed by atoms with Crippen molar-refractivity contribution in [1.29, 1.82) is 0 Å². The van der Waals surface area contributed by atoms with Crippen LogP contribution in [0.15, 0.2) is 15.3 Å². The first kappa shape index (κ1) is 28.3. The number of rotatable bonds is 3. The van der Waals surface area contributed by atoms with Gasteiger partial charge in [-0.3, -0.25) is 9.59 Å². The lowest BCUT2D eigenvalue weighted by molar-refractivity contribution is -0.165. The summed E-state index contributed by atoms with van der Waals surface area (Å²) in [5.41, 5.74) is 0.0372. The molecule has 2 heterocycles. The number of aliphatic hydroxyl groups is 2. The van der Waals surface area contributed by atoms with Crippen LogP contribution in [0.4, 0.5) is 0 Å². The molecule has 0 amide bonds. The average molecular weight is 526 g/mol. The zero-order chi connectivity index (χ0) is 26.0. The lowest BCUT2D eigenvalue weighted by Crippen LogP contribution is -2.54. The summed E-state index contributed by atoms with van der Waals surface area (Å²) in [5, 5.41) is 23.7. The Balaban J connectivity index is 1.87. The number of carbonyl (C=O) groups excluding carboxylic acids is 2. The van der Waals surface area contributed by atoms with Crippen LogP contribution in [0.3, 0.4) is 0 Å². The van der Waals surface area contributed by atoms with E-state index in [0.717, 1.165) is 34.9 Å². The standard InChI is InChI=1S/C26H39NO6S2/c1-15(10-18-14-35-24(27-18)34-6)19-13-32-25(3,4)9-7-8-17-12-26(5,20(28)11-21(29)33-19)23(31)16(2)22(17)30/h10,14,16-17,19-20,22,28,30H,7-9,11-13H2,1-6H3/b15-10+/t16-,17-,19?,20+,22?,26-/m1/s1. The summed E-state index contributed by atoms with van der Waals surface area (Å²) >= 11 is 3.13. The summed E-state index contributed by atoms with van der Waals surface area (Å²) < 4.78 is 13.0. The van der Waals surface area contributed by atoms with Crippen LogP contribution in [0.25, 0.3) is 6.08 Å². The number of ether oxygens (including phenoxy) is 2. The molecule has 1 aliphatic heterocycles. The van der Waals surface area contributed by atoms with Gasteiger partial charge in [0.15, 0.2) is 0 Å². The molecule has 35 heavy (non-hydrogen) atoms. The average Bonchev–Trinajstić information content (AvgIpc) is 3.25.